The highest BCUT2D eigenvalue weighted by Gasteiger charge is 2.37. The van der Waals surface area contributed by atoms with Crippen molar-refractivity contribution in [2.75, 3.05) is 31.5 Å². The summed E-state index contributed by atoms with van der Waals surface area (Å²) in [6, 6.07) is 6.03. The van der Waals surface area contributed by atoms with E-state index in [1.54, 1.807) is 17.0 Å². The molecule has 0 aliphatic carbocycles. The van der Waals surface area contributed by atoms with Crippen molar-refractivity contribution in [1.82, 2.24) is 9.80 Å². The summed E-state index contributed by atoms with van der Waals surface area (Å²) in [7, 11) is 0. The van der Waals surface area contributed by atoms with E-state index in [4.69, 9.17) is 0 Å². The Morgan fingerprint density at radius 1 is 1.18 bits per heavy atom. The SMILES string of the molecule is O=C(c1cccs1)N1CCC[C@@H](Nc2c(C(=O)N3CCC(F)(F)CC3)cc(Br)cc2[N+](=O)[O-])C1. The van der Waals surface area contributed by atoms with Crippen molar-refractivity contribution >= 4 is 50.5 Å². The lowest BCUT2D eigenvalue weighted by atomic mass is 10.0. The molecule has 12 heteroatoms. The second-order valence-electron chi connectivity index (χ2n) is 8.46. The first-order valence-electron chi connectivity index (χ1n) is 10.9. The number of halogens is 3. The number of piperidine rings is 2. The summed E-state index contributed by atoms with van der Waals surface area (Å²) in [5.74, 6) is -3.45. The van der Waals surface area contributed by atoms with Gasteiger partial charge in [0.15, 0.2) is 0 Å². The van der Waals surface area contributed by atoms with Gasteiger partial charge in [-0.2, -0.15) is 0 Å². The molecule has 0 bridgehead atoms. The standard InChI is InChI=1S/C22H23BrF2N4O4S/c23-14-11-16(20(30)27-8-5-22(24,25)6-9-27)19(17(12-14)29(32)33)26-15-3-1-7-28(13-15)21(31)18-4-2-10-34-18/h2,4,10-12,15,26H,1,3,5-9,13H2/t15-/m1/s1. The van der Waals surface area contributed by atoms with Crippen LogP contribution in [0.4, 0.5) is 20.2 Å². The van der Waals surface area contributed by atoms with E-state index in [0.717, 1.165) is 0 Å². The molecule has 0 saturated carbocycles. The van der Waals surface area contributed by atoms with E-state index >= 15 is 0 Å². The molecule has 0 spiro atoms. The fourth-order valence-electron chi connectivity index (χ4n) is 4.30. The molecule has 4 rings (SSSR count). The highest BCUT2D eigenvalue weighted by molar-refractivity contribution is 9.10. The van der Waals surface area contributed by atoms with E-state index in [0.29, 0.717) is 35.3 Å². The molecule has 1 N–H and O–H groups in total. The van der Waals surface area contributed by atoms with Crippen molar-refractivity contribution in [2.24, 2.45) is 0 Å². The minimum atomic E-state index is -2.82. The monoisotopic (exact) mass is 556 g/mol. The molecule has 2 aromatic rings. The van der Waals surface area contributed by atoms with E-state index in [1.165, 1.54) is 28.4 Å². The van der Waals surface area contributed by atoms with Gasteiger partial charge in [0.2, 0.25) is 0 Å². The van der Waals surface area contributed by atoms with Crippen LogP contribution >= 0.6 is 27.3 Å². The molecule has 2 aliphatic heterocycles. The third kappa shape index (κ3) is 5.38. The van der Waals surface area contributed by atoms with E-state index in [1.807, 2.05) is 5.38 Å². The van der Waals surface area contributed by atoms with Crippen LogP contribution in [0.2, 0.25) is 0 Å². The zero-order valence-corrected chi connectivity index (χ0v) is 20.5. The largest absolute Gasteiger partial charge is 0.374 e. The van der Waals surface area contributed by atoms with Gasteiger partial charge >= 0.3 is 0 Å². The Bertz CT molecular complexity index is 1090. The summed E-state index contributed by atoms with van der Waals surface area (Å²) in [5.41, 5.74) is -0.194. The van der Waals surface area contributed by atoms with Gasteiger partial charge in [-0.05, 0) is 30.4 Å². The number of rotatable bonds is 5. The maximum absolute atomic E-state index is 13.6. The number of carbonyl (C=O) groups is 2. The number of alkyl halides is 2. The summed E-state index contributed by atoms with van der Waals surface area (Å²) in [4.78, 5) is 40.9. The average Bonchev–Trinajstić information content (AvgIpc) is 3.34. The van der Waals surface area contributed by atoms with Gasteiger partial charge in [-0.3, -0.25) is 19.7 Å². The van der Waals surface area contributed by atoms with Crippen molar-refractivity contribution in [1.29, 1.82) is 0 Å². The number of nitrogens with zero attached hydrogens (tertiary/aromatic N) is 3. The molecule has 182 valence electrons. The summed E-state index contributed by atoms with van der Waals surface area (Å²) in [6.45, 7) is 0.648. The summed E-state index contributed by atoms with van der Waals surface area (Å²) in [5, 5.41) is 16.8. The van der Waals surface area contributed by atoms with Crippen LogP contribution in [-0.4, -0.2) is 64.7 Å². The number of anilines is 1. The number of hydrogen-bond donors (Lipinski definition) is 1. The smallest absolute Gasteiger partial charge is 0.294 e. The van der Waals surface area contributed by atoms with Gasteiger partial charge in [-0.25, -0.2) is 8.78 Å². The van der Waals surface area contributed by atoms with Gasteiger partial charge in [0.25, 0.3) is 23.4 Å². The highest BCUT2D eigenvalue weighted by atomic mass is 79.9. The fourth-order valence-corrected chi connectivity index (χ4v) is 5.44. The number of thiophene rings is 1. The first-order chi connectivity index (χ1) is 16.1. The zero-order valence-electron chi connectivity index (χ0n) is 18.1. The Hall–Kier alpha value is -2.60. The highest BCUT2D eigenvalue weighted by Crippen LogP contribution is 2.36. The molecule has 0 unspecified atom stereocenters. The molecule has 3 heterocycles. The van der Waals surface area contributed by atoms with Crippen LogP contribution in [0.5, 0.6) is 0 Å². The third-order valence-corrected chi connectivity index (χ3v) is 7.40. The van der Waals surface area contributed by atoms with Crippen molar-refractivity contribution in [3.8, 4) is 0 Å². The molecule has 2 aliphatic rings. The number of hydrogen-bond acceptors (Lipinski definition) is 6. The molecule has 8 nitrogen and oxygen atoms in total. The number of nitro groups is 1. The van der Waals surface area contributed by atoms with Crippen LogP contribution < -0.4 is 5.32 Å². The summed E-state index contributed by atoms with van der Waals surface area (Å²) >= 11 is 4.58. The predicted octanol–water partition coefficient (Wildman–Crippen LogP) is 5.01. The molecular weight excluding hydrogens is 534 g/mol. The number of carbonyl (C=O) groups excluding carboxylic acids is 2. The Morgan fingerprint density at radius 2 is 1.91 bits per heavy atom. The molecule has 0 radical (unpaired) electrons. The van der Waals surface area contributed by atoms with Gasteiger partial charge < -0.3 is 15.1 Å². The molecule has 1 aromatic heterocycles. The second-order valence-corrected chi connectivity index (χ2v) is 10.3. The molecule has 2 saturated heterocycles. The summed E-state index contributed by atoms with van der Waals surface area (Å²) < 4.78 is 27.5. The maximum Gasteiger partial charge on any atom is 0.294 e. The molecular formula is C22H23BrF2N4O4S. The molecule has 2 fully saturated rings. The number of benzene rings is 1. The molecule has 34 heavy (non-hydrogen) atoms. The number of nitro benzene ring substituents is 1. The van der Waals surface area contributed by atoms with Crippen molar-refractivity contribution < 1.29 is 23.3 Å². The Morgan fingerprint density at radius 3 is 2.56 bits per heavy atom. The predicted molar refractivity (Wildman–Crippen MR) is 128 cm³/mol. The Kier molecular flexibility index (Phi) is 7.17. The molecule has 1 atom stereocenters. The van der Waals surface area contributed by atoms with Crippen LogP contribution in [0.15, 0.2) is 34.1 Å². The molecule has 1 aromatic carbocycles. The third-order valence-electron chi connectivity index (χ3n) is 6.08. The van der Waals surface area contributed by atoms with Crippen LogP contribution in [0.25, 0.3) is 0 Å². The van der Waals surface area contributed by atoms with Crippen molar-refractivity contribution in [3.05, 3.63) is 54.7 Å². The maximum atomic E-state index is 13.6. The topological polar surface area (TPSA) is 95.8 Å². The second kappa shape index (κ2) is 9.95. The number of likely N-dealkylation sites (tertiary alicyclic amines) is 2. The van der Waals surface area contributed by atoms with Gasteiger partial charge in [0, 0.05) is 55.6 Å². The van der Waals surface area contributed by atoms with Crippen LogP contribution in [0, 0.1) is 10.1 Å². The zero-order chi connectivity index (χ0) is 24.5. The lowest BCUT2D eigenvalue weighted by Crippen LogP contribution is -2.45. The van der Waals surface area contributed by atoms with Crippen LogP contribution in [-0.2, 0) is 0 Å². The van der Waals surface area contributed by atoms with Gasteiger partial charge in [-0.1, -0.05) is 22.0 Å². The Labute approximate surface area is 207 Å². The molecule has 2 amide bonds. The van der Waals surface area contributed by atoms with Gasteiger partial charge in [-0.15, -0.1) is 11.3 Å². The quantitative estimate of drug-likeness (QED) is 0.412. The van der Waals surface area contributed by atoms with E-state index < -0.39 is 29.6 Å². The first-order valence-corrected chi connectivity index (χ1v) is 12.6. The van der Waals surface area contributed by atoms with Crippen LogP contribution in [0.1, 0.15) is 45.7 Å². The van der Waals surface area contributed by atoms with Gasteiger partial charge in [0.05, 0.1) is 15.4 Å². The number of amides is 2. The van der Waals surface area contributed by atoms with Crippen molar-refractivity contribution in [2.45, 2.75) is 37.6 Å². The minimum Gasteiger partial charge on any atom is -0.374 e. The average molecular weight is 557 g/mol. The fraction of sp³-hybridized carbons (Fsp3) is 0.455. The normalized spacial score (nSPS) is 20.1. The lowest BCUT2D eigenvalue weighted by Gasteiger charge is -2.34. The van der Waals surface area contributed by atoms with Crippen molar-refractivity contribution in [3.63, 3.8) is 0 Å². The van der Waals surface area contributed by atoms with E-state index in [9.17, 15) is 28.5 Å². The minimum absolute atomic E-state index is 0.0472. The van der Waals surface area contributed by atoms with E-state index in [-0.39, 0.29) is 42.0 Å². The van der Waals surface area contributed by atoms with E-state index in [2.05, 4.69) is 21.2 Å². The lowest BCUT2D eigenvalue weighted by molar-refractivity contribution is -0.384. The Balaban J connectivity index is 1.59. The first kappa shape index (κ1) is 24.5. The number of nitrogens with one attached hydrogen (secondary N) is 1. The van der Waals surface area contributed by atoms with Gasteiger partial charge in [0.1, 0.15) is 5.69 Å². The summed E-state index contributed by atoms with van der Waals surface area (Å²) in [6.07, 6.45) is 0.467. The van der Waals surface area contributed by atoms with Crippen LogP contribution in [0.3, 0.4) is 0 Å².